The van der Waals surface area contributed by atoms with Gasteiger partial charge in [0.05, 0.1) is 11.3 Å². The van der Waals surface area contributed by atoms with E-state index in [2.05, 4.69) is 0 Å². The fraction of sp³-hybridized carbons (Fsp3) is 0.462. The minimum absolute atomic E-state index is 0.0527. The molecule has 1 aromatic rings. The Morgan fingerprint density at radius 1 is 1.33 bits per heavy atom. The molecule has 5 heteroatoms. The van der Waals surface area contributed by atoms with Crippen molar-refractivity contribution in [3.05, 3.63) is 29.3 Å². The van der Waals surface area contributed by atoms with Crippen molar-refractivity contribution in [2.24, 2.45) is 0 Å². The lowest BCUT2D eigenvalue weighted by Crippen LogP contribution is -2.38. The van der Waals surface area contributed by atoms with Crippen LogP contribution in [0.3, 0.4) is 0 Å². The van der Waals surface area contributed by atoms with Crippen LogP contribution in [0.15, 0.2) is 12.1 Å². The van der Waals surface area contributed by atoms with Gasteiger partial charge < -0.3 is 10.6 Å². The number of amides is 1. The topological polar surface area (TPSA) is 46.3 Å². The number of rotatable bonds is 4. The summed E-state index contributed by atoms with van der Waals surface area (Å²) in [4.78, 5) is 13.7. The summed E-state index contributed by atoms with van der Waals surface area (Å²) in [7, 11) is 0. The molecule has 0 aliphatic rings. The van der Waals surface area contributed by atoms with Gasteiger partial charge in [0.1, 0.15) is 11.6 Å². The lowest BCUT2D eigenvalue weighted by atomic mass is 10.1. The Bertz CT molecular complexity index is 447. The van der Waals surface area contributed by atoms with Gasteiger partial charge in [0.15, 0.2) is 0 Å². The first-order valence-electron chi connectivity index (χ1n) is 5.94. The van der Waals surface area contributed by atoms with E-state index < -0.39 is 17.5 Å². The molecule has 0 bridgehead atoms. The summed E-state index contributed by atoms with van der Waals surface area (Å²) < 4.78 is 26.6. The first-order chi connectivity index (χ1) is 8.38. The van der Waals surface area contributed by atoms with Crippen molar-refractivity contribution in [2.75, 3.05) is 12.3 Å². The van der Waals surface area contributed by atoms with Gasteiger partial charge in [0.2, 0.25) is 0 Å². The molecule has 0 fully saturated rings. The van der Waals surface area contributed by atoms with Crippen LogP contribution in [0.2, 0.25) is 0 Å². The standard InChI is InChI=1S/C13H18F2N2O/c1-4-5-17(8(2)3)13(18)9-6-12(16)11(15)7-10(9)14/h6-8H,4-5,16H2,1-3H3. The molecule has 0 saturated heterocycles. The van der Waals surface area contributed by atoms with Gasteiger partial charge in [-0.3, -0.25) is 4.79 Å². The van der Waals surface area contributed by atoms with E-state index in [1.165, 1.54) is 4.90 Å². The molecule has 0 unspecified atom stereocenters. The highest BCUT2D eigenvalue weighted by atomic mass is 19.1. The normalized spacial score (nSPS) is 10.8. The van der Waals surface area contributed by atoms with Gasteiger partial charge in [0.25, 0.3) is 5.91 Å². The van der Waals surface area contributed by atoms with E-state index in [-0.39, 0.29) is 17.3 Å². The fourth-order valence-corrected chi connectivity index (χ4v) is 1.72. The molecule has 1 rings (SSSR count). The van der Waals surface area contributed by atoms with E-state index in [0.29, 0.717) is 12.6 Å². The molecule has 2 N–H and O–H groups in total. The third kappa shape index (κ3) is 2.97. The zero-order valence-corrected chi connectivity index (χ0v) is 10.8. The van der Waals surface area contributed by atoms with Gasteiger partial charge in [-0.15, -0.1) is 0 Å². The van der Waals surface area contributed by atoms with E-state index in [0.717, 1.165) is 12.5 Å². The minimum Gasteiger partial charge on any atom is -0.396 e. The fourth-order valence-electron chi connectivity index (χ4n) is 1.72. The molecule has 18 heavy (non-hydrogen) atoms. The molecular formula is C13H18F2N2O. The Balaban J connectivity index is 3.12. The average Bonchev–Trinajstić information content (AvgIpc) is 2.29. The van der Waals surface area contributed by atoms with Crippen molar-refractivity contribution in [3.63, 3.8) is 0 Å². The highest BCUT2D eigenvalue weighted by molar-refractivity contribution is 5.95. The van der Waals surface area contributed by atoms with Gasteiger partial charge in [-0.25, -0.2) is 8.78 Å². The molecule has 0 heterocycles. The lowest BCUT2D eigenvalue weighted by Gasteiger charge is -2.26. The summed E-state index contributed by atoms with van der Waals surface area (Å²) in [6.45, 7) is 6.14. The molecule has 0 aliphatic heterocycles. The molecule has 1 aromatic carbocycles. The quantitative estimate of drug-likeness (QED) is 0.842. The summed E-state index contributed by atoms with van der Waals surface area (Å²) in [5, 5.41) is 0. The lowest BCUT2D eigenvalue weighted by molar-refractivity contribution is 0.0701. The number of nitrogen functional groups attached to an aromatic ring is 1. The Labute approximate surface area is 106 Å². The summed E-state index contributed by atoms with van der Waals surface area (Å²) in [6, 6.07) is 1.65. The van der Waals surface area contributed by atoms with Crippen LogP contribution < -0.4 is 5.73 Å². The summed E-state index contributed by atoms with van der Waals surface area (Å²) in [5.74, 6) is -2.19. The Morgan fingerprint density at radius 3 is 2.44 bits per heavy atom. The Hall–Kier alpha value is -1.65. The molecule has 3 nitrogen and oxygen atoms in total. The van der Waals surface area contributed by atoms with E-state index in [1.54, 1.807) is 0 Å². The van der Waals surface area contributed by atoms with Crippen molar-refractivity contribution in [1.82, 2.24) is 4.90 Å². The predicted octanol–water partition coefficient (Wildman–Crippen LogP) is 2.81. The van der Waals surface area contributed by atoms with Crippen LogP contribution in [0.1, 0.15) is 37.6 Å². The van der Waals surface area contributed by atoms with E-state index in [4.69, 9.17) is 5.73 Å². The Kier molecular flexibility index (Phi) is 4.64. The van der Waals surface area contributed by atoms with Crippen molar-refractivity contribution in [2.45, 2.75) is 33.2 Å². The van der Waals surface area contributed by atoms with Crippen LogP contribution in [0.25, 0.3) is 0 Å². The van der Waals surface area contributed by atoms with Crippen molar-refractivity contribution >= 4 is 11.6 Å². The van der Waals surface area contributed by atoms with Crippen LogP contribution in [0.4, 0.5) is 14.5 Å². The van der Waals surface area contributed by atoms with Crippen LogP contribution in [-0.2, 0) is 0 Å². The number of nitrogens with two attached hydrogens (primary N) is 1. The minimum atomic E-state index is -0.881. The van der Waals surface area contributed by atoms with Crippen molar-refractivity contribution in [3.8, 4) is 0 Å². The number of hydrogen-bond acceptors (Lipinski definition) is 2. The number of hydrogen-bond donors (Lipinski definition) is 1. The SMILES string of the molecule is CCCN(C(=O)c1cc(N)c(F)cc1F)C(C)C. The third-order valence-electron chi connectivity index (χ3n) is 2.67. The molecule has 0 atom stereocenters. The molecule has 100 valence electrons. The van der Waals surface area contributed by atoms with Gasteiger partial charge in [-0.1, -0.05) is 6.92 Å². The van der Waals surface area contributed by atoms with E-state index in [1.807, 2.05) is 20.8 Å². The average molecular weight is 256 g/mol. The maximum absolute atomic E-state index is 13.6. The first kappa shape index (κ1) is 14.4. The number of carbonyl (C=O) groups is 1. The Morgan fingerprint density at radius 2 is 1.94 bits per heavy atom. The smallest absolute Gasteiger partial charge is 0.257 e. The third-order valence-corrected chi connectivity index (χ3v) is 2.67. The zero-order chi connectivity index (χ0) is 13.9. The zero-order valence-electron chi connectivity index (χ0n) is 10.8. The second-order valence-corrected chi connectivity index (χ2v) is 4.45. The number of halogens is 2. The summed E-state index contributed by atoms with van der Waals surface area (Å²) >= 11 is 0. The van der Waals surface area contributed by atoms with Crippen molar-refractivity contribution < 1.29 is 13.6 Å². The van der Waals surface area contributed by atoms with Crippen LogP contribution >= 0.6 is 0 Å². The number of benzene rings is 1. The van der Waals surface area contributed by atoms with Gasteiger partial charge in [0, 0.05) is 18.7 Å². The van der Waals surface area contributed by atoms with Crippen LogP contribution in [-0.4, -0.2) is 23.4 Å². The van der Waals surface area contributed by atoms with Crippen LogP contribution in [0.5, 0.6) is 0 Å². The number of anilines is 1. The second-order valence-electron chi connectivity index (χ2n) is 4.45. The van der Waals surface area contributed by atoms with Gasteiger partial charge in [-0.05, 0) is 26.3 Å². The summed E-state index contributed by atoms with van der Waals surface area (Å²) in [5.41, 5.74) is 4.96. The predicted molar refractivity (Wildman–Crippen MR) is 67.2 cm³/mol. The number of carbonyl (C=O) groups excluding carboxylic acids is 1. The second kappa shape index (κ2) is 5.80. The highest BCUT2D eigenvalue weighted by Crippen LogP contribution is 2.19. The number of nitrogens with zero attached hydrogens (tertiary/aromatic N) is 1. The molecule has 0 saturated carbocycles. The first-order valence-corrected chi connectivity index (χ1v) is 5.94. The largest absolute Gasteiger partial charge is 0.396 e. The monoisotopic (exact) mass is 256 g/mol. The molecule has 0 spiro atoms. The maximum Gasteiger partial charge on any atom is 0.257 e. The van der Waals surface area contributed by atoms with E-state index in [9.17, 15) is 13.6 Å². The molecule has 0 aliphatic carbocycles. The molecule has 0 aromatic heterocycles. The highest BCUT2D eigenvalue weighted by Gasteiger charge is 2.22. The molecule has 1 amide bonds. The van der Waals surface area contributed by atoms with Gasteiger partial charge in [-0.2, -0.15) is 0 Å². The molecule has 0 radical (unpaired) electrons. The van der Waals surface area contributed by atoms with Gasteiger partial charge >= 0.3 is 0 Å². The summed E-state index contributed by atoms with van der Waals surface area (Å²) in [6.07, 6.45) is 0.766. The maximum atomic E-state index is 13.6. The van der Waals surface area contributed by atoms with E-state index >= 15 is 0 Å². The van der Waals surface area contributed by atoms with Crippen molar-refractivity contribution in [1.29, 1.82) is 0 Å². The van der Waals surface area contributed by atoms with Crippen LogP contribution in [0, 0.1) is 11.6 Å². The molecular weight excluding hydrogens is 238 g/mol.